The molecule has 5 nitrogen and oxygen atoms in total. The number of hydrogen-bond donors (Lipinski definition) is 1. The van der Waals surface area contributed by atoms with E-state index in [1.165, 1.54) is 10.8 Å². The minimum Gasteiger partial charge on any atom is -0.329 e. The maximum Gasteiger partial charge on any atom is 0.370 e. The van der Waals surface area contributed by atoms with E-state index in [2.05, 4.69) is 31.0 Å². The third kappa shape index (κ3) is 1.11. The maximum atomic E-state index is 11.6. The van der Waals surface area contributed by atoms with E-state index in [9.17, 15) is 4.79 Å². The van der Waals surface area contributed by atoms with Crippen LogP contribution < -0.4 is 5.69 Å². The summed E-state index contributed by atoms with van der Waals surface area (Å²) in [6.45, 7) is 0. The van der Waals surface area contributed by atoms with E-state index in [1.807, 2.05) is 18.2 Å². The van der Waals surface area contributed by atoms with Gasteiger partial charge in [-0.2, -0.15) is 14.6 Å². The SMILES string of the molecule is O=c1nc2c(Br)cccc2c2[nH]cnn12. The van der Waals surface area contributed by atoms with Crippen molar-refractivity contribution in [3.8, 4) is 0 Å². The summed E-state index contributed by atoms with van der Waals surface area (Å²) in [5, 5.41) is 4.73. The van der Waals surface area contributed by atoms with Crippen LogP contribution in [-0.4, -0.2) is 19.6 Å². The van der Waals surface area contributed by atoms with Gasteiger partial charge in [0.25, 0.3) is 0 Å². The minimum absolute atomic E-state index is 0.384. The van der Waals surface area contributed by atoms with Crippen molar-refractivity contribution in [3.63, 3.8) is 0 Å². The van der Waals surface area contributed by atoms with Gasteiger partial charge in [0.2, 0.25) is 0 Å². The third-order valence-corrected chi connectivity index (χ3v) is 2.86. The highest BCUT2D eigenvalue weighted by atomic mass is 79.9. The molecule has 0 saturated carbocycles. The van der Waals surface area contributed by atoms with E-state index in [0.29, 0.717) is 11.2 Å². The zero-order valence-electron chi connectivity index (χ0n) is 7.44. The smallest absolute Gasteiger partial charge is 0.329 e. The van der Waals surface area contributed by atoms with E-state index in [4.69, 9.17) is 0 Å². The highest BCUT2D eigenvalue weighted by molar-refractivity contribution is 9.10. The van der Waals surface area contributed by atoms with E-state index in [0.717, 1.165) is 9.86 Å². The molecule has 1 N–H and O–H groups in total. The van der Waals surface area contributed by atoms with Gasteiger partial charge < -0.3 is 4.98 Å². The predicted molar refractivity (Wildman–Crippen MR) is 58.8 cm³/mol. The molecular formula is C9H5BrN4O. The van der Waals surface area contributed by atoms with Crippen molar-refractivity contribution in [3.05, 3.63) is 39.5 Å². The highest BCUT2D eigenvalue weighted by Crippen LogP contribution is 2.22. The van der Waals surface area contributed by atoms with Gasteiger partial charge in [-0.3, -0.25) is 0 Å². The molecule has 1 aromatic carbocycles. The second-order valence-corrected chi connectivity index (χ2v) is 3.93. The molecule has 0 aliphatic rings. The Kier molecular flexibility index (Phi) is 1.66. The summed E-state index contributed by atoms with van der Waals surface area (Å²) in [6.07, 6.45) is 1.47. The summed E-state index contributed by atoms with van der Waals surface area (Å²) in [5.41, 5.74) is 0.920. The van der Waals surface area contributed by atoms with Gasteiger partial charge in [-0.1, -0.05) is 6.07 Å². The zero-order valence-corrected chi connectivity index (χ0v) is 9.02. The lowest BCUT2D eigenvalue weighted by Crippen LogP contribution is -2.17. The molecule has 74 valence electrons. The molecule has 0 spiro atoms. The van der Waals surface area contributed by atoms with Crippen molar-refractivity contribution in [2.75, 3.05) is 0 Å². The Morgan fingerprint density at radius 1 is 1.40 bits per heavy atom. The second-order valence-electron chi connectivity index (χ2n) is 3.08. The Labute approximate surface area is 91.9 Å². The number of para-hydroxylation sites is 1. The number of nitrogens with zero attached hydrogens (tertiary/aromatic N) is 3. The van der Waals surface area contributed by atoms with Crippen LogP contribution in [0.15, 0.2) is 33.8 Å². The molecule has 0 saturated heterocycles. The molecule has 15 heavy (non-hydrogen) atoms. The number of aromatic amines is 1. The fourth-order valence-corrected chi connectivity index (χ4v) is 2.02. The molecule has 0 fully saturated rings. The van der Waals surface area contributed by atoms with Crippen LogP contribution in [0.1, 0.15) is 0 Å². The van der Waals surface area contributed by atoms with Gasteiger partial charge in [0, 0.05) is 9.86 Å². The molecule has 6 heteroatoms. The molecule has 0 aliphatic heterocycles. The second kappa shape index (κ2) is 2.90. The van der Waals surface area contributed by atoms with Crippen LogP contribution in [-0.2, 0) is 0 Å². The molecule has 3 aromatic rings. The van der Waals surface area contributed by atoms with Crippen LogP contribution in [0.5, 0.6) is 0 Å². The molecule has 0 bridgehead atoms. The Morgan fingerprint density at radius 3 is 3.13 bits per heavy atom. The lowest BCUT2D eigenvalue weighted by atomic mass is 10.2. The van der Waals surface area contributed by atoms with Crippen molar-refractivity contribution in [2.45, 2.75) is 0 Å². The molecule has 0 atom stereocenters. The van der Waals surface area contributed by atoms with Gasteiger partial charge in [0.15, 0.2) is 0 Å². The standard InChI is InChI=1S/C9H5BrN4O/c10-6-3-1-2-5-7(6)13-9(15)14-8(5)11-4-12-14/h1-4H,(H,11,12). The first-order chi connectivity index (χ1) is 7.27. The number of fused-ring (bicyclic) bond motifs is 3. The van der Waals surface area contributed by atoms with Gasteiger partial charge in [-0.05, 0) is 28.1 Å². The Morgan fingerprint density at radius 2 is 2.27 bits per heavy atom. The first-order valence-electron chi connectivity index (χ1n) is 4.28. The summed E-state index contributed by atoms with van der Waals surface area (Å²) in [5.74, 6) is 0. The lowest BCUT2D eigenvalue weighted by molar-refractivity contribution is 0.881. The van der Waals surface area contributed by atoms with E-state index < -0.39 is 0 Å². The van der Waals surface area contributed by atoms with Crippen molar-refractivity contribution in [1.82, 2.24) is 19.6 Å². The minimum atomic E-state index is -0.384. The van der Waals surface area contributed by atoms with Crippen molar-refractivity contribution in [2.24, 2.45) is 0 Å². The average Bonchev–Trinajstić information content (AvgIpc) is 2.69. The summed E-state index contributed by atoms with van der Waals surface area (Å²) in [7, 11) is 0. The fourth-order valence-electron chi connectivity index (χ4n) is 1.57. The number of halogens is 1. The monoisotopic (exact) mass is 264 g/mol. The maximum absolute atomic E-state index is 11.6. The summed E-state index contributed by atoms with van der Waals surface area (Å²) >= 11 is 3.36. The number of hydrogen-bond acceptors (Lipinski definition) is 3. The van der Waals surface area contributed by atoms with Crippen LogP contribution in [0.2, 0.25) is 0 Å². The predicted octanol–water partition coefficient (Wildman–Crippen LogP) is 1.33. The van der Waals surface area contributed by atoms with Crippen LogP contribution in [0.25, 0.3) is 16.6 Å². The summed E-state index contributed by atoms with van der Waals surface area (Å²) in [6, 6.07) is 5.63. The van der Waals surface area contributed by atoms with Gasteiger partial charge in [0.05, 0.1) is 5.52 Å². The largest absolute Gasteiger partial charge is 0.370 e. The normalized spacial score (nSPS) is 11.3. The number of aromatic nitrogens is 4. The first-order valence-corrected chi connectivity index (χ1v) is 5.07. The Balaban J connectivity index is 2.72. The van der Waals surface area contributed by atoms with Gasteiger partial charge in [0.1, 0.15) is 12.0 Å². The molecule has 0 amide bonds. The number of benzene rings is 1. The van der Waals surface area contributed by atoms with Crippen molar-refractivity contribution >= 4 is 32.5 Å². The highest BCUT2D eigenvalue weighted by Gasteiger charge is 2.08. The van der Waals surface area contributed by atoms with Crippen molar-refractivity contribution in [1.29, 1.82) is 0 Å². The Bertz CT molecular complexity index is 715. The number of rotatable bonds is 0. The molecule has 3 rings (SSSR count). The molecule has 2 heterocycles. The van der Waals surface area contributed by atoms with Gasteiger partial charge in [-0.15, -0.1) is 0 Å². The molecule has 0 aliphatic carbocycles. The first kappa shape index (κ1) is 8.60. The van der Waals surface area contributed by atoms with Crippen LogP contribution in [0, 0.1) is 0 Å². The van der Waals surface area contributed by atoms with E-state index in [-0.39, 0.29) is 5.69 Å². The molecule has 2 aromatic heterocycles. The van der Waals surface area contributed by atoms with Crippen LogP contribution >= 0.6 is 15.9 Å². The number of H-pyrrole nitrogens is 1. The topological polar surface area (TPSA) is 63.0 Å². The van der Waals surface area contributed by atoms with Crippen LogP contribution in [0.3, 0.4) is 0 Å². The molecular weight excluding hydrogens is 260 g/mol. The molecule has 0 unspecified atom stereocenters. The van der Waals surface area contributed by atoms with E-state index in [1.54, 1.807) is 0 Å². The van der Waals surface area contributed by atoms with Gasteiger partial charge >= 0.3 is 5.69 Å². The van der Waals surface area contributed by atoms with Crippen molar-refractivity contribution < 1.29 is 0 Å². The fraction of sp³-hybridized carbons (Fsp3) is 0. The third-order valence-electron chi connectivity index (χ3n) is 2.22. The Hall–Kier alpha value is -1.69. The zero-order chi connectivity index (χ0) is 10.4. The lowest BCUT2D eigenvalue weighted by Gasteiger charge is -1.99. The summed E-state index contributed by atoms with van der Waals surface area (Å²) < 4.78 is 2.04. The molecule has 0 radical (unpaired) electrons. The average molecular weight is 265 g/mol. The van der Waals surface area contributed by atoms with Crippen LogP contribution in [0.4, 0.5) is 0 Å². The van der Waals surface area contributed by atoms with Gasteiger partial charge in [-0.25, -0.2) is 4.79 Å². The number of nitrogens with one attached hydrogen (secondary N) is 1. The quantitative estimate of drug-likeness (QED) is 0.667. The van der Waals surface area contributed by atoms with E-state index >= 15 is 0 Å². The summed E-state index contributed by atoms with van der Waals surface area (Å²) in [4.78, 5) is 18.4.